The Labute approximate surface area is 169 Å². The molecule has 1 heterocycles. The summed E-state index contributed by atoms with van der Waals surface area (Å²) in [4.78, 5) is 25.2. The first kappa shape index (κ1) is 20.1. The van der Waals surface area contributed by atoms with Gasteiger partial charge in [-0.1, -0.05) is 24.3 Å². The van der Waals surface area contributed by atoms with E-state index in [9.17, 15) is 19.8 Å². The molecule has 1 atom stereocenters. The summed E-state index contributed by atoms with van der Waals surface area (Å²) in [5.41, 5.74) is 3.33. The lowest BCUT2D eigenvalue weighted by atomic mass is 10.1. The van der Waals surface area contributed by atoms with Crippen LogP contribution in [0.15, 0.2) is 60.7 Å². The third kappa shape index (κ3) is 4.60. The van der Waals surface area contributed by atoms with Crippen molar-refractivity contribution in [3.8, 4) is 0 Å². The highest BCUT2D eigenvalue weighted by molar-refractivity contribution is 5.81. The molecule has 0 aliphatic carbocycles. The van der Waals surface area contributed by atoms with Gasteiger partial charge in [-0.3, -0.25) is 4.79 Å². The second-order valence-corrected chi connectivity index (χ2v) is 6.96. The molecule has 148 valence electrons. The first-order chi connectivity index (χ1) is 13.9. The summed E-state index contributed by atoms with van der Waals surface area (Å²) >= 11 is 0. The Hall–Kier alpha value is -3.67. The number of hydrogen-bond acceptors (Lipinski definition) is 3. The fourth-order valence-corrected chi connectivity index (χ4v) is 3.25. The van der Waals surface area contributed by atoms with E-state index in [1.165, 1.54) is 0 Å². The molecule has 0 saturated carbocycles. The molecular formula is C23H23N2O4+. The van der Waals surface area contributed by atoms with Crippen LogP contribution in [0.2, 0.25) is 0 Å². The third-order valence-corrected chi connectivity index (χ3v) is 4.73. The minimum atomic E-state index is -1.21. The van der Waals surface area contributed by atoms with Gasteiger partial charge in [-0.05, 0) is 35.9 Å². The van der Waals surface area contributed by atoms with Gasteiger partial charge in [-0.25, -0.2) is 4.79 Å². The van der Waals surface area contributed by atoms with Crippen molar-refractivity contribution in [2.75, 3.05) is 19.0 Å². The SMILES string of the molecule is CN(C)c1ccc(/C=C/c2ccc3ccccc3[n+]2C(CC(=O)O)C(=O)O)cc1. The predicted molar refractivity (Wildman–Crippen MR) is 113 cm³/mol. The minimum Gasteiger partial charge on any atom is -0.481 e. The molecule has 0 bridgehead atoms. The first-order valence-electron chi connectivity index (χ1n) is 9.20. The van der Waals surface area contributed by atoms with Crippen molar-refractivity contribution in [2.45, 2.75) is 12.5 Å². The number of pyridine rings is 1. The van der Waals surface area contributed by atoms with Crippen LogP contribution in [-0.4, -0.2) is 36.2 Å². The van der Waals surface area contributed by atoms with Crippen LogP contribution >= 0.6 is 0 Å². The number of nitrogens with zero attached hydrogens (tertiary/aromatic N) is 2. The van der Waals surface area contributed by atoms with Crippen molar-refractivity contribution in [2.24, 2.45) is 0 Å². The monoisotopic (exact) mass is 391 g/mol. The molecule has 1 unspecified atom stereocenters. The molecule has 1 aromatic heterocycles. The maximum Gasteiger partial charge on any atom is 0.374 e. The van der Waals surface area contributed by atoms with Gasteiger partial charge in [0.05, 0.1) is 0 Å². The van der Waals surface area contributed by atoms with Crippen molar-refractivity contribution in [1.82, 2.24) is 0 Å². The maximum atomic E-state index is 11.9. The van der Waals surface area contributed by atoms with E-state index in [-0.39, 0.29) is 0 Å². The Bertz CT molecular complexity index is 1070. The lowest BCUT2D eigenvalue weighted by molar-refractivity contribution is -0.686. The Morgan fingerprint density at radius 2 is 1.66 bits per heavy atom. The first-order valence-corrected chi connectivity index (χ1v) is 9.20. The summed E-state index contributed by atoms with van der Waals surface area (Å²) in [6, 6.07) is 17.8. The summed E-state index contributed by atoms with van der Waals surface area (Å²) in [6.45, 7) is 0. The fraction of sp³-hybridized carbons (Fsp3) is 0.174. The quantitative estimate of drug-likeness (QED) is 0.603. The van der Waals surface area contributed by atoms with E-state index < -0.39 is 24.4 Å². The summed E-state index contributed by atoms with van der Waals surface area (Å²) in [7, 11) is 3.94. The van der Waals surface area contributed by atoms with Crippen LogP contribution in [0.5, 0.6) is 0 Å². The molecule has 0 spiro atoms. The number of benzene rings is 2. The predicted octanol–water partition coefficient (Wildman–Crippen LogP) is 3.46. The maximum absolute atomic E-state index is 11.9. The van der Waals surface area contributed by atoms with Crippen molar-refractivity contribution >= 4 is 40.7 Å². The molecule has 29 heavy (non-hydrogen) atoms. The van der Waals surface area contributed by atoms with E-state index in [2.05, 4.69) is 0 Å². The van der Waals surface area contributed by atoms with Gasteiger partial charge in [0.1, 0.15) is 6.42 Å². The van der Waals surface area contributed by atoms with Gasteiger partial charge in [-0.15, -0.1) is 0 Å². The lowest BCUT2D eigenvalue weighted by Gasteiger charge is -2.12. The van der Waals surface area contributed by atoms with Crippen LogP contribution in [0, 0.1) is 0 Å². The van der Waals surface area contributed by atoms with Crippen molar-refractivity contribution < 1.29 is 24.4 Å². The second-order valence-electron chi connectivity index (χ2n) is 6.96. The van der Waals surface area contributed by atoms with Crippen molar-refractivity contribution in [3.05, 3.63) is 71.9 Å². The lowest BCUT2D eigenvalue weighted by Crippen LogP contribution is -2.48. The molecule has 0 aliphatic rings. The largest absolute Gasteiger partial charge is 0.481 e. The number of carboxylic acids is 2. The van der Waals surface area contributed by atoms with E-state index in [1.807, 2.05) is 85.7 Å². The van der Waals surface area contributed by atoms with Gasteiger partial charge in [0.2, 0.25) is 11.2 Å². The number of anilines is 1. The molecule has 0 saturated heterocycles. The molecule has 3 rings (SSSR count). The van der Waals surface area contributed by atoms with Gasteiger partial charge >= 0.3 is 11.9 Å². The van der Waals surface area contributed by atoms with Gasteiger partial charge in [0.15, 0.2) is 0 Å². The van der Waals surface area contributed by atoms with E-state index >= 15 is 0 Å². The topological polar surface area (TPSA) is 81.7 Å². The Kier molecular flexibility index (Phi) is 5.93. The standard InChI is InChI=1S/C23H22N2O4/c1-24(2)18-11-7-16(8-12-18)9-13-19-14-10-17-5-3-4-6-20(17)25(19)21(23(28)29)15-22(26)27/h3-14,21H,15H2,1-2H3,(H-,26,27,28,29)/p+1. The number of aromatic nitrogens is 1. The molecule has 2 N–H and O–H groups in total. The zero-order chi connectivity index (χ0) is 21.0. The van der Waals surface area contributed by atoms with Crippen LogP contribution in [0.1, 0.15) is 23.7 Å². The van der Waals surface area contributed by atoms with E-state index in [4.69, 9.17) is 0 Å². The van der Waals surface area contributed by atoms with Gasteiger partial charge in [0.25, 0.3) is 6.04 Å². The van der Waals surface area contributed by atoms with Crippen LogP contribution in [0.25, 0.3) is 23.1 Å². The highest BCUT2D eigenvalue weighted by Gasteiger charge is 2.34. The Morgan fingerprint density at radius 3 is 2.28 bits per heavy atom. The number of aliphatic carboxylic acids is 2. The third-order valence-electron chi connectivity index (χ3n) is 4.73. The molecule has 2 aromatic carbocycles. The molecule has 0 fully saturated rings. The number of fused-ring (bicyclic) bond motifs is 1. The number of hydrogen-bond donors (Lipinski definition) is 2. The number of rotatable bonds is 7. The highest BCUT2D eigenvalue weighted by Crippen LogP contribution is 2.18. The normalized spacial score (nSPS) is 12.2. The van der Waals surface area contributed by atoms with Crippen LogP contribution in [0.4, 0.5) is 5.69 Å². The van der Waals surface area contributed by atoms with Crippen molar-refractivity contribution in [3.63, 3.8) is 0 Å². The van der Waals surface area contributed by atoms with E-state index in [1.54, 1.807) is 10.6 Å². The summed E-state index contributed by atoms with van der Waals surface area (Å²) in [5.74, 6) is -2.34. The zero-order valence-electron chi connectivity index (χ0n) is 16.3. The number of carboxylic acid groups (broad SMARTS) is 2. The number of para-hydroxylation sites is 1. The average Bonchev–Trinajstić information content (AvgIpc) is 2.70. The van der Waals surface area contributed by atoms with Crippen LogP contribution in [-0.2, 0) is 9.59 Å². The Balaban J connectivity index is 2.09. The summed E-state index contributed by atoms with van der Waals surface area (Å²) in [6.07, 6.45) is 3.20. The smallest absolute Gasteiger partial charge is 0.374 e. The van der Waals surface area contributed by atoms with Crippen molar-refractivity contribution in [1.29, 1.82) is 0 Å². The highest BCUT2D eigenvalue weighted by atomic mass is 16.4. The zero-order valence-corrected chi connectivity index (χ0v) is 16.3. The molecule has 3 aromatic rings. The molecule has 0 radical (unpaired) electrons. The van der Waals surface area contributed by atoms with E-state index in [0.29, 0.717) is 11.2 Å². The number of carbonyl (C=O) groups is 2. The molecule has 0 amide bonds. The summed E-state index contributed by atoms with van der Waals surface area (Å²) < 4.78 is 1.58. The van der Waals surface area contributed by atoms with Gasteiger partial charge < -0.3 is 15.1 Å². The van der Waals surface area contributed by atoms with Crippen LogP contribution in [0.3, 0.4) is 0 Å². The summed E-state index contributed by atoms with van der Waals surface area (Å²) in [5, 5.41) is 19.8. The van der Waals surface area contributed by atoms with E-state index in [0.717, 1.165) is 16.6 Å². The molecule has 6 heteroatoms. The molecular weight excluding hydrogens is 368 g/mol. The average molecular weight is 391 g/mol. The fourth-order valence-electron chi connectivity index (χ4n) is 3.25. The minimum absolute atomic E-state index is 0.508. The van der Waals surface area contributed by atoms with Gasteiger partial charge in [0, 0.05) is 43.4 Å². The van der Waals surface area contributed by atoms with Crippen LogP contribution < -0.4 is 9.47 Å². The van der Waals surface area contributed by atoms with Gasteiger partial charge in [-0.2, -0.15) is 4.57 Å². The molecule has 0 aliphatic heterocycles. The second kappa shape index (κ2) is 8.56. The molecule has 6 nitrogen and oxygen atoms in total. The Morgan fingerprint density at radius 1 is 0.966 bits per heavy atom.